The van der Waals surface area contributed by atoms with Crippen molar-refractivity contribution in [3.05, 3.63) is 120 Å². The standard InChI is InChI=1S/C35H30N4O3S/c40-35(38-39-19-7-8-20-39)27-16-14-25(15-17-27)30-22-36-34-33(32(30)26-9-3-1-4-10-26)29-21-24(13-18-31(29)37-34)23-43(41,42)28-11-5-2-6-12-28/h1-6,9-18,21-22H,7-8,19-20,23H2,(H,36,37)(H,38,40). The Bertz CT molecular complexity index is 2050. The summed E-state index contributed by atoms with van der Waals surface area (Å²) < 4.78 is 26.4. The summed E-state index contributed by atoms with van der Waals surface area (Å²) in [6, 6.07) is 32.0. The summed E-state index contributed by atoms with van der Waals surface area (Å²) >= 11 is 0. The molecular weight excluding hydrogens is 556 g/mol. The average Bonchev–Trinajstić information content (AvgIpc) is 3.69. The maximum absolute atomic E-state index is 13.2. The third-order valence-electron chi connectivity index (χ3n) is 8.03. The number of sulfone groups is 1. The van der Waals surface area contributed by atoms with Crippen molar-refractivity contribution in [1.82, 2.24) is 20.4 Å². The van der Waals surface area contributed by atoms with E-state index in [9.17, 15) is 13.2 Å². The first-order valence-electron chi connectivity index (χ1n) is 14.4. The van der Waals surface area contributed by atoms with E-state index in [-0.39, 0.29) is 11.7 Å². The van der Waals surface area contributed by atoms with Crippen molar-refractivity contribution in [2.45, 2.75) is 23.5 Å². The molecule has 4 aromatic carbocycles. The number of benzene rings is 4. The fourth-order valence-electron chi connectivity index (χ4n) is 5.89. The molecule has 6 aromatic rings. The van der Waals surface area contributed by atoms with Gasteiger partial charge in [-0.2, -0.15) is 0 Å². The molecule has 0 unspecified atom stereocenters. The first kappa shape index (κ1) is 27.1. The van der Waals surface area contributed by atoms with E-state index in [0.717, 1.165) is 70.1 Å². The van der Waals surface area contributed by atoms with Crippen LogP contribution in [0.3, 0.4) is 0 Å². The van der Waals surface area contributed by atoms with Gasteiger partial charge in [-0.3, -0.25) is 10.2 Å². The Morgan fingerprint density at radius 1 is 0.837 bits per heavy atom. The van der Waals surface area contributed by atoms with Crippen LogP contribution in [0.4, 0.5) is 0 Å². The van der Waals surface area contributed by atoms with Gasteiger partial charge in [-0.15, -0.1) is 0 Å². The second-order valence-corrected chi connectivity index (χ2v) is 12.9. The van der Waals surface area contributed by atoms with Crippen LogP contribution in [-0.4, -0.2) is 42.4 Å². The minimum Gasteiger partial charge on any atom is -0.339 e. The molecule has 1 saturated heterocycles. The number of hydrazine groups is 1. The molecule has 7 nitrogen and oxygen atoms in total. The van der Waals surface area contributed by atoms with Gasteiger partial charge in [0.1, 0.15) is 5.65 Å². The highest BCUT2D eigenvalue weighted by atomic mass is 32.2. The number of pyridine rings is 1. The van der Waals surface area contributed by atoms with Crippen molar-refractivity contribution in [3.8, 4) is 22.3 Å². The highest BCUT2D eigenvalue weighted by molar-refractivity contribution is 7.90. The molecular formula is C35H30N4O3S. The maximum atomic E-state index is 13.2. The molecule has 0 radical (unpaired) electrons. The van der Waals surface area contributed by atoms with E-state index in [4.69, 9.17) is 4.98 Å². The van der Waals surface area contributed by atoms with Gasteiger partial charge in [0.15, 0.2) is 9.84 Å². The van der Waals surface area contributed by atoms with Crippen LogP contribution in [0.5, 0.6) is 0 Å². The van der Waals surface area contributed by atoms with Crippen LogP contribution in [-0.2, 0) is 15.6 Å². The molecule has 2 aromatic heterocycles. The number of hydrogen-bond acceptors (Lipinski definition) is 5. The number of aromatic amines is 1. The molecule has 1 fully saturated rings. The third kappa shape index (κ3) is 5.31. The lowest BCUT2D eigenvalue weighted by Crippen LogP contribution is -2.39. The molecule has 3 heterocycles. The van der Waals surface area contributed by atoms with Gasteiger partial charge in [-0.1, -0.05) is 66.7 Å². The predicted octanol–water partition coefficient (Wildman–Crippen LogP) is 6.76. The van der Waals surface area contributed by atoms with Crippen LogP contribution in [0.25, 0.3) is 44.2 Å². The average molecular weight is 587 g/mol. The molecule has 8 heteroatoms. The molecule has 0 atom stereocenters. The van der Waals surface area contributed by atoms with Crippen molar-refractivity contribution in [1.29, 1.82) is 0 Å². The number of H-pyrrole nitrogens is 1. The Morgan fingerprint density at radius 3 is 2.26 bits per heavy atom. The molecule has 0 aliphatic carbocycles. The van der Waals surface area contributed by atoms with Crippen LogP contribution in [0, 0.1) is 0 Å². The van der Waals surface area contributed by atoms with Crippen molar-refractivity contribution in [2.75, 3.05) is 13.1 Å². The van der Waals surface area contributed by atoms with Gasteiger partial charge in [0.25, 0.3) is 5.91 Å². The monoisotopic (exact) mass is 586 g/mol. The summed E-state index contributed by atoms with van der Waals surface area (Å²) in [6.07, 6.45) is 4.05. The maximum Gasteiger partial charge on any atom is 0.265 e. The Labute approximate surface area is 250 Å². The topological polar surface area (TPSA) is 95.2 Å². The molecule has 1 aliphatic heterocycles. The summed E-state index contributed by atoms with van der Waals surface area (Å²) in [4.78, 5) is 21.4. The largest absolute Gasteiger partial charge is 0.339 e. The number of fused-ring (bicyclic) bond motifs is 3. The molecule has 0 spiro atoms. The van der Waals surface area contributed by atoms with E-state index in [2.05, 4.69) is 22.5 Å². The van der Waals surface area contributed by atoms with E-state index in [1.807, 2.05) is 77.9 Å². The summed E-state index contributed by atoms with van der Waals surface area (Å²) in [5.74, 6) is -0.214. The summed E-state index contributed by atoms with van der Waals surface area (Å²) in [5, 5.41) is 3.80. The highest BCUT2D eigenvalue weighted by Crippen LogP contribution is 2.41. The molecule has 0 saturated carbocycles. The zero-order valence-corrected chi connectivity index (χ0v) is 24.3. The van der Waals surface area contributed by atoms with Crippen molar-refractivity contribution in [2.24, 2.45) is 0 Å². The van der Waals surface area contributed by atoms with Gasteiger partial charge < -0.3 is 4.98 Å². The quantitative estimate of drug-likeness (QED) is 0.215. The van der Waals surface area contributed by atoms with Crippen LogP contribution < -0.4 is 5.43 Å². The second-order valence-electron chi connectivity index (χ2n) is 10.9. The summed E-state index contributed by atoms with van der Waals surface area (Å²) in [6.45, 7) is 1.75. The highest BCUT2D eigenvalue weighted by Gasteiger charge is 2.20. The van der Waals surface area contributed by atoms with Gasteiger partial charge in [0, 0.05) is 52.3 Å². The Hall–Kier alpha value is -4.79. The first-order valence-corrected chi connectivity index (χ1v) is 16.0. The summed E-state index contributed by atoms with van der Waals surface area (Å²) in [5.41, 5.74) is 9.78. The lowest BCUT2D eigenvalue weighted by atomic mass is 9.92. The van der Waals surface area contributed by atoms with Crippen LogP contribution in [0.2, 0.25) is 0 Å². The fourth-order valence-corrected chi connectivity index (χ4v) is 7.24. The minimum atomic E-state index is -3.51. The van der Waals surface area contributed by atoms with Crippen LogP contribution in [0.15, 0.2) is 114 Å². The minimum absolute atomic E-state index is 0.103. The number of nitrogens with zero attached hydrogens (tertiary/aromatic N) is 2. The molecule has 0 bridgehead atoms. The van der Waals surface area contributed by atoms with Crippen LogP contribution >= 0.6 is 0 Å². The predicted molar refractivity (Wildman–Crippen MR) is 170 cm³/mol. The zero-order valence-electron chi connectivity index (χ0n) is 23.5. The molecule has 7 rings (SSSR count). The first-order chi connectivity index (χ1) is 21.0. The number of hydrogen-bond donors (Lipinski definition) is 2. The van der Waals surface area contributed by atoms with Gasteiger partial charge >= 0.3 is 0 Å². The lowest BCUT2D eigenvalue weighted by molar-refractivity contribution is 0.0826. The van der Waals surface area contributed by atoms with E-state index >= 15 is 0 Å². The van der Waals surface area contributed by atoms with Crippen LogP contribution in [0.1, 0.15) is 28.8 Å². The van der Waals surface area contributed by atoms with Gasteiger partial charge in [-0.25, -0.2) is 18.4 Å². The van der Waals surface area contributed by atoms with E-state index in [0.29, 0.717) is 16.0 Å². The number of amides is 1. The fraction of sp³-hybridized carbons (Fsp3) is 0.143. The van der Waals surface area contributed by atoms with E-state index in [1.165, 1.54) is 0 Å². The SMILES string of the molecule is O=C(NN1CCCC1)c1ccc(-c2cnc3[nH]c4ccc(CS(=O)(=O)c5ccccc5)cc4c3c2-c2ccccc2)cc1. The molecule has 2 N–H and O–H groups in total. The molecule has 214 valence electrons. The smallest absolute Gasteiger partial charge is 0.265 e. The Balaban J connectivity index is 1.33. The van der Waals surface area contributed by atoms with Crippen molar-refractivity contribution >= 4 is 37.7 Å². The van der Waals surface area contributed by atoms with E-state index < -0.39 is 9.84 Å². The molecule has 1 amide bonds. The molecule has 1 aliphatic rings. The van der Waals surface area contributed by atoms with Crippen molar-refractivity contribution in [3.63, 3.8) is 0 Å². The van der Waals surface area contributed by atoms with E-state index in [1.54, 1.807) is 24.3 Å². The second kappa shape index (κ2) is 11.1. The molecule has 43 heavy (non-hydrogen) atoms. The van der Waals surface area contributed by atoms with Gasteiger partial charge in [0.2, 0.25) is 0 Å². The number of carbonyl (C=O) groups is 1. The zero-order chi connectivity index (χ0) is 29.4. The normalized spacial score (nSPS) is 14.0. The number of carbonyl (C=O) groups excluding carboxylic acids is 1. The number of rotatable bonds is 7. The third-order valence-corrected chi connectivity index (χ3v) is 9.73. The Kier molecular flexibility index (Phi) is 7.01. The number of nitrogens with one attached hydrogen (secondary N) is 2. The lowest BCUT2D eigenvalue weighted by Gasteiger charge is -2.16. The Morgan fingerprint density at radius 2 is 1.53 bits per heavy atom. The van der Waals surface area contributed by atoms with Gasteiger partial charge in [-0.05, 0) is 65.9 Å². The van der Waals surface area contributed by atoms with Crippen molar-refractivity contribution < 1.29 is 13.2 Å². The number of aromatic nitrogens is 2. The summed E-state index contributed by atoms with van der Waals surface area (Å²) in [7, 11) is -3.51. The van der Waals surface area contributed by atoms with Gasteiger partial charge in [0.05, 0.1) is 10.6 Å².